The molecule has 2 heterocycles. The minimum Gasteiger partial charge on any atom is -0.337 e. The first-order valence-corrected chi connectivity index (χ1v) is 9.94. The summed E-state index contributed by atoms with van der Waals surface area (Å²) in [6, 6.07) is 17.7. The molecule has 0 saturated heterocycles. The Kier molecular flexibility index (Phi) is 4.64. The molecule has 1 atom stereocenters. The van der Waals surface area contributed by atoms with E-state index in [9.17, 15) is 8.60 Å². The molecular weight excluding hydrogens is 361 g/mol. The molecule has 134 valence electrons. The highest BCUT2D eigenvalue weighted by molar-refractivity contribution is 7.84. The van der Waals surface area contributed by atoms with Crippen molar-refractivity contribution < 1.29 is 13.6 Å². The van der Waals surface area contributed by atoms with E-state index >= 15 is 0 Å². The summed E-state index contributed by atoms with van der Waals surface area (Å²) in [7, 11) is -1.02. The van der Waals surface area contributed by atoms with Crippen molar-refractivity contribution in [3.05, 3.63) is 78.9 Å². The molecule has 0 aliphatic rings. The van der Waals surface area contributed by atoms with Gasteiger partial charge in [-0.3, -0.25) is 4.21 Å². The predicted molar refractivity (Wildman–Crippen MR) is 104 cm³/mol. The number of nitrogens with one attached hydrogen (secondary N) is 2. The molecule has 27 heavy (non-hydrogen) atoms. The lowest BCUT2D eigenvalue weighted by atomic mass is 10.1. The van der Waals surface area contributed by atoms with E-state index in [0.29, 0.717) is 5.82 Å². The zero-order chi connectivity index (χ0) is 18.8. The van der Waals surface area contributed by atoms with Crippen molar-refractivity contribution in [3.8, 4) is 33.9 Å². The summed E-state index contributed by atoms with van der Waals surface area (Å²) in [6.07, 6.45) is 5.34. The summed E-state index contributed by atoms with van der Waals surface area (Å²) >= 11 is 0. The number of hydrogen-bond donors (Lipinski definition) is 1. The van der Waals surface area contributed by atoms with Crippen LogP contribution in [0.25, 0.3) is 33.9 Å². The van der Waals surface area contributed by atoms with E-state index < -0.39 is 10.8 Å². The van der Waals surface area contributed by atoms with Gasteiger partial charge in [0.2, 0.25) is 0 Å². The third-order valence-electron chi connectivity index (χ3n) is 4.29. The number of halogens is 1. The van der Waals surface area contributed by atoms with Gasteiger partial charge in [-0.05, 0) is 36.4 Å². The number of aromatic nitrogens is 3. The molecule has 2 N–H and O–H groups in total. The predicted octanol–water partition coefficient (Wildman–Crippen LogP) is 4.10. The number of hydrogen-bond acceptors (Lipinski definition) is 2. The van der Waals surface area contributed by atoms with Crippen LogP contribution in [0.5, 0.6) is 0 Å². The minimum atomic E-state index is -1.02. The number of nitrogens with zero attached hydrogens (tertiary/aromatic N) is 1. The summed E-state index contributed by atoms with van der Waals surface area (Å²) < 4.78 is 24.9. The molecule has 0 bridgehead atoms. The van der Waals surface area contributed by atoms with Gasteiger partial charge in [-0.25, -0.2) is 14.4 Å². The van der Waals surface area contributed by atoms with E-state index in [1.165, 1.54) is 12.1 Å². The van der Waals surface area contributed by atoms with Gasteiger partial charge >= 0.3 is 0 Å². The molecule has 0 amide bonds. The molecule has 6 heteroatoms. The third-order valence-corrected chi connectivity index (χ3v) is 5.22. The van der Waals surface area contributed by atoms with E-state index in [0.717, 1.165) is 33.0 Å². The number of benzene rings is 2. The lowest BCUT2D eigenvalue weighted by Gasteiger charge is -2.01. The van der Waals surface area contributed by atoms with Crippen molar-refractivity contribution >= 4 is 10.8 Å². The highest BCUT2D eigenvalue weighted by atomic mass is 32.2. The Morgan fingerprint density at radius 3 is 2.15 bits per heavy atom. The molecule has 0 aliphatic heterocycles. The lowest BCUT2D eigenvalue weighted by molar-refractivity contribution is -0.377. The Morgan fingerprint density at radius 1 is 0.889 bits per heavy atom. The van der Waals surface area contributed by atoms with Gasteiger partial charge in [-0.1, -0.05) is 12.1 Å². The van der Waals surface area contributed by atoms with Crippen molar-refractivity contribution in [2.45, 2.75) is 4.90 Å². The highest BCUT2D eigenvalue weighted by Gasteiger charge is 2.16. The Labute approximate surface area is 158 Å². The molecule has 0 saturated carbocycles. The maximum atomic E-state index is 13.3. The normalized spacial score (nSPS) is 12.1. The molecule has 0 spiro atoms. The standard InChI is InChI=1S/C21H16FN3OS/c1-27(26)18-8-4-16(5-9-18)21-24-19(14-2-6-17(22)7-3-14)20(25-21)15-10-12-23-13-11-15/h2-13H,1H3,(H,24,25)/p+1. The Balaban J connectivity index is 1.84. The van der Waals surface area contributed by atoms with Gasteiger partial charge in [-0.15, -0.1) is 0 Å². The molecule has 4 nitrogen and oxygen atoms in total. The first-order chi connectivity index (χ1) is 13.1. The van der Waals surface area contributed by atoms with Crippen LogP contribution in [0, 0.1) is 5.82 Å². The number of rotatable bonds is 4. The SMILES string of the molecule is CS(=O)c1ccc(-c2nc(-c3ccc(F)cc3)c(-c3cc[nH+]cc3)[nH]2)cc1. The molecule has 0 radical (unpaired) electrons. The third kappa shape index (κ3) is 3.57. The minimum absolute atomic E-state index is 0.284. The smallest absolute Gasteiger partial charge is 0.167 e. The van der Waals surface area contributed by atoms with E-state index in [1.54, 1.807) is 18.4 Å². The zero-order valence-corrected chi connectivity index (χ0v) is 15.4. The van der Waals surface area contributed by atoms with Gasteiger partial charge in [0.05, 0.1) is 11.4 Å². The van der Waals surface area contributed by atoms with Crippen LogP contribution in [0.2, 0.25) is 0 Å². The summed E-state index contributed by atoms with van der Waals surface area (Å²) in [5.41, 5.74) is 4.29. The van der Waals surface area contributed by atoms with Crippen LogP contribution in [-0.4, -0.2) is 20.4 Å². The summed E-state index contributed by atoms with van der Waals surface area (Å²) in [5.74, 6) is 0.416. The summed E-state index contributed by atoms with van der Waals surface area (Å²) in [6.45, 7) is 0. The summed E-state index contributed by atoms with van der Waals surface area (Å²) in [4.78, 5) is 11.9. The molecule has 2 aromatic carbocycles. The Bertz CT molecular complexity index is 1090. The number of H-pyrrole nitrogens is 2. The van der Waals surface area contributed by atoms with Crippen molar-refractivity contribution in [1.82, 2.24) is 9.97 Å². The highest BCUT2D eigenvalue weighted by Crippen LogP contribution is 2.32. The maximum Gasteiger partial charge on any atom is 0.167 e. The van der Waals surface area contributed by atoms with Crippen molar-refractivity contribution in [1.29, 1.82) is 0 Å². The molecule has 0 fully saturated rings. The van der Waals surface area contributed by atoms with Gasteiger partial charge in [0.25, 0.3) is 0 Å². The van der Waals surface area contributed by atoms with E-state index in [-0.39, 0.29) is 5.82 Å². The Morgan fingerprint density at radius 2 is 1.52 bits per heavy atom. The van der Waals surface area contributed by atoms with Gasteiger partial charge in [0, 0.05) is 50.8 Å². The van der Waals surface area contributed by atoms with Crippen molar-refractivity contribution in [3.63, 3.8) is 0 Å². The quantitative estimate of drug-likeness (QED) is 0.581. The molecule has 2 aromatic heterocycles. The lowest BCUT2D eigenvalue weighted by Crippen LogP contribution is -1.97. The fraction of sp³-hybridized carbons (Fsp3) is 0.0476. The van der Waals surface area contributed by atoms with Crippen LogP contribution >= 0.6 is 0 Å². The van der Waals surface area contributed by atoms with Gasteiger partial charge in [0.15, 0.2) is 12.4 Å². The van der Waals surface area contributed by atoms with E-state index in [2.05, 4.69) is 9.97 Å². The summed E-state index contributed by atoms with van der Waals surface area (Å²) in [5, 5.41) is 0. The largest absolute Gasteiger partial charge is 0.337 e. The van der Waals surface area contributed by atoms with Crippen LogP contribution in [0.15, 0.2) is 78.0 Å². The Hall–Kier alpha value is -3.12. The number of imidazole rings is 1. The van der Waals surface area contributed by atoms with Crippen LogP contribution in [0.1, 0.15) is 0 Å². The second-order valence-electron chi connectivity index (χ2n) is 6.08. The fourth-order valence-corrected chi connectivity index (χ4v) is 3.41. The van der Waals surface area contributed by atoms with Crippen LogP contribution in [0.3, 0.4) is 0 Å². The number of aromatic amines is 2. The van der Waals surface area contributed by atoms with Crippen LogP contribution in [0.4, 0.5) is 4.39 Å². The van der Waals surface area contributed by atoms with Crippen LogP contribution in [-0.2, 0) is 10.8 Å². The average molecular weight is 378 g/mol. The topological polar surface area (TPSA) is 59.9 Å². The second kappa shape index (κ2) is 7.25. The molecule has 1 unspecified atom stereocenters. The van der Waals surface area contributed by atoms with E-state index in [1.807, 2.05) is 48.8 Å². The van der Waals surface area contributed by atoms with Crippen molar-refractivity contribution in [2.24, 2.45) is 0 Å². The first kappa shape index (κ1) is 17.3. The van der Waals surface area contributed by atoms with E-state index in [4.69, 9.17) is 4.98 Å². The number of pyridine rings is 1. The maximum absolute atomic E-state index is 13.3. The van der Waals surface area contributed by atoms with Crippen LogP contribution < -0.4 is 4.98 Å². The monoisotopic (exact) mass is 378 g/mol. The second-order valence-corrected chi connectivity index (χ2v) is 7.46. The van der Waals surface area contributed by atoms with Crippen molar-refractivity contribution in [2.75, 3.05) is 6.26 Å². The first-order valence-electron chi connectivity index (χ1n) is 8.38. The van der Waals surface area contributed by atoms with Gasteiger partial charge in [-0.2, -0.15) is 0 Å². The molecule has 4 aromatic rings. The average Bonchev–Trinajstić information content (AvgIpc) is 3.15. The van der Waals surface area contributed by atoms with Gasteiger partial charge < -0.3 is 4.98 Å². The fourth-order valence-electron chi connectivity index (χ4n) is 2.89. The molecule has 0 aliphatic carbocycles. The zero-order valence-electron chi connectivity index (χ0n) is 14.6. The van der Waals surface area contributed by atoms with Gasteiger partial charge in [0.1, 0.15) is 11.6 Å². The molecular formula is C21H17FN3OS+. The molecule has 4 rings (SSSR count).